The first-order valence-corrected chi connectivity index (χ1v) is 9.73. The van der Waals surface area contributed by atoms with E-state index >= 15 is 0 Å². The van der Waals surface area contributed by atoms with Crippen LogP contribution in [0, 0.1) is 0 Å². The van der Waals surface area contributed by atoms with Gasteiger partial charge in [-0.1, -0.05) is 16.3 Å². The van der Waals surface area contributed by atoms with Gasteiger partial charge in [0.15, 0.2) is 0 Å². The van der Waals surface area contributed by atoms with Crippen molar-refractivity contribution in [1.82, 2.24) is 19.2 Å². The molecule has 2 rings (SSSR count). The number of esters is 1. The molecular formula is C12H13ClN4O8S2. The molecule has 0 fully saturated rings. The Labute approximate surface area is 161 Å². The van der Waals surface area contributed by atoms with Crippen LogP contribution >= 0.6 is 22.9 Å². The molecule has 0 aliphatic rings. The summed E-state index contributed by atoms with van der Waals surface area (Å²) in [7, 11) is -2.36. The highest BCUT2D eigenvalue weighted by atomic mass is 35.5. The van der Waals surface area contributed by atoms with Gasteiger partial charge in [-0.2, -0.15) is 0 Å². The number of carbonyl (C=O) groups excluding carboxylic acids is 2. The Hall–Kier alpha value is -2.58. The molecule has 0 spiro atoms. The van der Waals surface area contributed by atoms with Gasteiger partial charge in [0.05, 0.1) is 19.3 Å². The van der Waals surface area contributed by atoms with Gasteiger partial charge >= 0.3 is 23.7 Å². The second kappa shape index (κ2) is 7.98. The van der Waals surface area contributed by atoms with Crippen LogP contribution in [-0.2, 0) is 14.8 Å². The summed E-state index contributed by atoms with van der Waals surface area (Å²) in [6, 6.07) is -1.83. The van der Waals surface area contributed by atoms with Crippen molar-refractivity contribution in [3.8, 4) is 6.01 Å². The number of rotatable bonds is 6. The van der Waals surface area contributed by atoms with Crippen LogP contribution in [0.5, 0.6) is 6.01 Å². The highest BCUT2D eigenvalue weighted by molar-refractivity contribution is 7.90. The standard InChI is InChI=1S/C12H13ClN4O8S2/c1-4-25-9(18)6-5-26-8(13)7(6)27(21,22)15-10(19)16-12(20)17(24-3)11(14-16)23-2/h5H,4H2,1-3H3,(H,15,19). The van der Waals surface area contributed by atoms with Crippen molar-refractivity contribution in [2.24, 2.45) is 0 Å². The summed E-state index contributed by atoms with van der Waals surface area (Å²) < 4.78 is 36.6. The molecule has 2 heterocycles. The maximum absolute atomic E-state index is 12.5. The Kier molecular flexibility index (Phi) is 6.12. The lowest BCUT2D eigenvalue weighted by Crippen LogP contribution is -2.41. The molecule has 1 N–H and O–H groups in total. The van der Waals surface area contributed by atoms with E-state index in [0.29, 0.717) is 4.73 Å². The molecular weight excluding hydrogens is 428 g/mol. The van der Waals surface area contributed by atoms with E-state index < -0.39 is 38.6 Å². The lowest BCUT2D eigenvalue weighted by Gasteiger charge is -2.07. The topological polar surface area (TPSA) is 148 Å². The maximum Gasteiger partial charge on any atom is 0.391 e. The van der Waals surface area contributed by atoms with E-state index in [0.717, 1.165) is 25.6 Å². The Morgan fingerprint density at radius 2 is 2.04 bits per heavy atom. The molecule has 12 nitrogen and oxygen atoms in total. The summed E-state index contributed by atoms with van der Waals surface area (Å²) in [6.45, 7) is 1.54. The molecule has 0 atom stereocenters. The van der Waals surface area contributed by atoms with Crippen LogP contribution in [0.2, 0.25) is 4.34 Å². The van der Waals surface area contributed by atoms with Crippen LogP contribution in [0.15, 0.2) is 15.1 Å². The minimum absolute atomic E-state index is 0.00177. The molecule has 0 aliphatic carbocycles. The largest absolute Gasteiger partial charge is 0.465 e. The van der Waals surface area contributed by atoms with Gasteiger partial charge in [0.25, 0.3) is 10.0 Å². The lowest BCUT2D eigenvalue weighted by molar-refractivity contribution is 0.0522. The first kappa shape index (κ1) is 20.7. The van der Waals surface area contributed by atoms with Crippen molar-refractivity contribution < 1.29 is 32.3 Å². The summed E-state index contributed by atoms with van der Waals surface area (Å²) in [5, 5.41) is 4.67. The van der Waals surface area contributed by atoms with Gasteiger partial charge in [0.1, 0.15) is 16.3 Å². The third kappa shape index (κ3) is 3.91. The van der Waals surface area contributed by atoms with Crippen LogP contribution in [0.4, 0.5) is 4.79 Å². The summed E-state index contributed by atoms with van der Waals surface area (Å²) >= 11 is 6.62. The fourth-order valence-electron chi connectivity index (χ4n) is 1.88. The van der Waals surface area contributed by atoms with Crippen molar-refractivity contribution in [1.29, 1.82) is 0 Å². The van der Waals surface area contributed by atoms with Crippen molar-refractivity contribution in [2.45, 2.75) is 11.8 Å². The zero-order valence-electron chi connectivity index (χ0n) is 14.1. The minimum atomic E-state index is -4.64. The fourth-order valence-corrected chi connectivity index (χ4v) is 4.68. The van der Waals surface area contributed by atoms with Crippen LogP contribution in [0.3, 0.4) is 0 Å². The smallest absolute Gasteiger partial charge is 0.391 e. The average Bonchev–Trinajstić information content (AvgIpc) is 3.14. The van der Waals surface area contributed by atoms with E-state index in [1.165, 1.54) is 12.3 Å². The Morgan fingerprint density at radius 3 is 2.56 bits per heavy atom. The van der Waals surface area contributed by atoms with E-state index in [9.17, 15) is 22.8 Å². The number of hydrogen-bond donors (Lipinski definition) is 1. The van der Waals surface area contributed by atoms with E-state index in [1.807, 2.05) is 0 Å². The average molecular weight is 441 g/mol. The van der Waals surface area contributed by atoms with Crippen molar-refractivity contribution in [2.75, 3.05) is 20.8 Å². The number of amides is 1. The Morgan fingerprint density at radius 1 is 1.37 bits per heavy atom. The molecule has 148 valence electrons. The Bertz CT molecular complexity index is 1040. The molecule has 0 aliphatic heterocycles. The van der Waals surface area contributed by atoms with Crippen LogP contribution < -0.4 is 20.0 Å². The van der Waals surface area contributed by atoms with E-state index in [2.05, 4.69) is 9.94 Å². The van der Waals surface area contributed by atoms with Gasteiger partial charge < -0.3 is 14.3 Å². The number of halogens is 1. The monoisotopic (exact) mass is 440 g/mol. The predicted molar refractivity (Wildman–Crippen MR) is 91.9 cm³/mol. The summed E-state index contributed by atoms with van der Waals surface area (Å²) in [4.78, 5) is 40.2. The zero-order chi connectivity index (χ0) is 20.4. The third-order valence-corrected chi connectivity index (χ3v) is 5.83. The molecule has 2 aromatic rings. The fraction of sp³-hybridized carbons (Fsp3) is 0.333. The molecule has 0 aromatic carbocycles. The number of nitrogens with zero attached hydrogens (tertiary/aromatic N) is 3. The molecule has 2 aromatic heterocycles. The second-order valence-corrected chi connectivity index (χ2v) is 7.64. The number of carbonyl (C=O) groups is 2. The zero-order valence-corrected chi connectivity index (χ0v) is 16.5. The number of sulfonamides is 1. The molecule has 0 bridgehead atoms. The highest BCUT2D eigenvalue weighted by Crippen LogP contribution is 2.32. The quantitative estimate of drug-likeness (QED) is 0.610. The van der Waals surface area contributed by atoms with Gasteiger partial charge in [0.2, 0.25) is 0 Å². The number of nitrogens with one attached hydrogen (secondary N) is 1. The summed E-state index contributed by atoms with van der Waals surface area (Å²) in [5.41, 5.74) is -1.47. The Balaban J connectivity index is 2.42. The van der Waals surface area contributed by atoms with Crippen LogP contribution in [0.1, 0.15) is 17.3 Å². The van der Waals surface area contributed by atoms with E-state index in [4.69, 9.17) is 21.1 Å². The first-order valence-electron chi connectivity index (χ1n) is 6.99. The number of ether oxygens (including phenoxy) is 2. The number of methoxy groups -OCH3 is 1. The SMILES string of the molecule is CCOC(=O)c1csc(Cl)c1S(=O)(=O)NC(=O)n1nc(OC)n(OC)c1=O. The van der Waals surface area contributed by atoms with Crippen molar-refractivity contribution in [3.05, 3.63) is 25.8 Å². The number of hydrogen-bond acceptors (Lipinski definition) is 10. The molecule has 1 amide bonds. The molecule has 0 unspecified atom stereocenters. The van der Waals surface area contributed by atoms with Gasteiger partial charge in [-0.15, -0.1) is 21.1 Å². The molecule has 15 heteroatoms. The number of thiophene rings is 1. The van der Waals surface area contributed by atoms with Gasteiger partial charge in [-0.3, -0.25) is 0 Å². The van der Waals surface area contributed by atoms with Crippen LogP contribution in [0.25, 0.3) is 0 Å². The van der Waals surface area contributed by atoms with Gasteiger partial charge in [-0.05, 0) is 6.92 Å². The normalized spacial score (nSPS) is 11.1. The lowest BCUT2D eigenvalue weighted by atomic mass is 10.3. The van der Waals surface area contributed by atoms with Gasteiger partial charge in [-0.25, -0.2) is 27.5 Å². The molecule has 0 saturated carbocycles. The summed E-state index contributed by atoms with van der Waals surface area (Å²) in [5.74, 6) is -0.934. The number of aromatic nitrogens is 3. The highest BCUT2D eigenvalue weighted by Gasteiger charge is 2.32. The minimum Gasteiger partial charge on any atom is -0.465 e. The molecule has 0 saturated heterocycles. The van der Waals surface area contributed by atoms with E-state index in [1.54, 1.807) is 4.72 Å². The summed E-state index contributed by atoms with van der Waals surface area (Å²) in [6.07, 6.45) is 0. The van der Waals surface area contributed by atoms with Gasteiger partial charge in [0, 0.05) is 5.38 Å². The third-order valence-electron chi connectivity index (χ3n) is 2.96. The van der Waals surface area contributed by atoms with Crippen molar-refractivity contribution in [3.63, 3.8) is 0 Å². The van der Waals surface area contributed by atoms with Crippen LogP contribution in [-0.4, -0.2) is 55.8 Å². The first-order chi connectivity index (χ1) is 12.7. The second-order valence-electron chi connectivity index (χ2n) is 4.54. The van der Waals surface area contributed by atoms with Crippen molar-refractivity contribution >= 4 is 45.0 Å². The molecule has 0 radical (unpaired) electrons. The predicted octanol–water partition coefficient (Wildman–Crippen LogP) is -0.0500. The maximum atomic E-state index is 12.5. The van der Waals surface area contributed by atoms with E-state index in [-0.39, 0.29) is 21.2 Å². The molecule has 27 heavy (non-hydrogen) atoms.